The molecule has 1 aromatic rings. The topological polar surface area (TPSA) is 15.3 Å². The molecule has 0 unspecified atom stereocenters. The Morgan fingerprint density at radius 3 is 2.72 bits per heavy atom. The Labute approximate surface area is 123 Å². The third kappa shape index (κ3) is 4.54. The van der Waals surface area contributed by atoms with Crippen LogP contribution in [0.2, 0.25) is 5.02 Å². The Hall–Kier alpha value is -0.0900. The first-order valence-electron chi connectivity index (χ1n) is 6.63. The molecule has 1 aliphatic rings. The first-order valence-corrected chi connectivity index (χ1v) is 7.80. The first-order chi connectivity index (χ1) is 8.75. The second-order valence-electron chi connectivity index (χ2n) is 4.81. The number of likely N-dealkylation sites (tertiary alicyclic amines) is 1. The lowest BCUT2D eigenvalue weighted by atomic mass is 10.1. The van der Waals surface area contributed by atoms with Gasteiger partial charge in [-0.25, -0.2) is 0 Å². The SMILES string of the molecule is Clc1cc(Br)ccc1CNCCN1CCCCC1. The van der Waals surface area contributed by atoms with Gasteiger partial charge in [0, 0.05) is 29.1 Å². The molecule has 2 rings (SSSR count). The van der Waals surface area contributed by atoms with Gasteiger partial charge >= 0.3 is 0 Å². The highest BCUT2D eigenvalue weighted by molar-refractivity contribution is 9.10. The summed E-state index contributed by atoms with van der Waals surface area (Å²) in [5.41, 5.74) is 1.17. The van der Waals surface area contributed by atoms with E-state index in [2.05, 4.69) is 32.2 Å². The van der Waals surface area contributed by atoms with Gasteiger partial charge in [0.15, 0.2) is 0 Å². The highest BCUT2D eigenvalue weighted by atomic mass is 79.9. The van der Waals surface area contributed by atoms with Crippen molar-refractivity contribution in [3.05, 3.63) is 33.3 Å². The van der Waals surface area contributed by atoms with E-state index in [1.165, 1.54) is 37.9 Å². The standard InChI is InChI=1S/C14H20BrClN2/c15-13-5-4-12(14(16)10-13)11-17-6-9-18-7-2-1-3-8-18/h4-5,10,17H,1-3,6-9,11H2. The van der Waals surface area contributed by atoms with E-state index < -0.39 is 0 Å². The summed E-state index contributed by atoms with van der Waals surface area (Å²) < 4.78 is 1.03. The highest BCUT2D eigenvalue weighted by Gasteiger charge is 2.08. The molecule has 4 heteroatoms. The van der Waals surface area contributed by atoms with E-state index in [1.807, 2.05) is 12.1 Å². The maximum absolute atomic E-state index is 6.18. The second-order valence-corrected chi connectivity index (χ2v) is 6.14. The number of nitrogens with zero attached hydrogens (tertiary/aromatic N) is 1. The molecule has 18 heavy (non-hydrogen) atoms. The van der Waals surface area contributed by atoms with Crippen LogP contribution in [0.5, 0.6) is 0 Å². The van der Waals surface area contributed by atoms with Crippen molar-refractivity contribution in [2.24, 2.45) is 0 Å². The van der Waals surface area contributed by atoms with Crippen LogP contribution in [0.4, 0.5) is 0 Å². The number of piperidine rings is 1. The Bertz CT molecular complexity index is 378. The molecule has 0 aliphatic carbocycles. The first kappa shape index (κ1) is 14.3. The van der Waals surface area contributed by atoms with Gasteiger partial charge in [0.1, 0.15) is 0 Å². The van der Waals surface area contributed by atoms with Crippen LogP contribution in [0.25, 0.3) is 0 Å². The molecule has 1 aliphatic heterocycles. The van der Waals surface area contributed by atoms with Crippen LogP contribution in [-0.4, -0.2) is 31.1 Å². The van der Waals surface area contributed by atoms with Gasteiger partial charge in [0.2, 0.25) is 0 Å². The fourth-order valence-corrected chi connectivity index (χ4v) is 3.05. The minimum Gasteiger partial charge on any atom is -0.311 e. The van der Waals surface area contributed by atoms with Gasteiger partial charge in [-0.2, -0.15) is 0 Å². The molecule has 0 atom stereocenters. The van der Waals surface area contributed by atoms with Crippen molar-refractivity contribution < 1.29 is 0 Å². The van der Waals surface area contributed by atoms with Crippen molar-refractivity contribution >= 4 is 27.5 Å². The van der Waals surface area contributed by atoms with Crippen molar-refractivity contribution in [1.82, 2.24) is 10.2 Å². The quantitative estimate of drug-likeness (QED) is 0.828. The van der Waals surface area contributed by atoms with Crippen LogP contribution >= 0.6 is 27.5 Å². The summed E-state index contributed by atoms with van der Waals surface area (Å²) in [5, 5.41) is 4.30. The molecule has 0 bridgehead atoms. The number of nitrogens with one attached hydrogen (secondary N) is 1. The normalized spacial score (nSPS) is 17.0. The predicted octanol–water partition coefficient (Wildman–Crippen LogP) is 3.68. The molecule has 0 radical (unpaired) electrons. The van der Waals surface area contributed by atoms with Gasteiger partial charge in [-0.05, 0) is 43.6 Å². The number of halogens is 2. The van der Waals surface area contributed by atoms with Crippen molar-refractivity contribution in [3.63, 3.8) is 0 Å². The molecule has 0 amide bonds. The highest BCUT2D eigenvalue weighted by Crippen LogP contribution is 2.21. The van der Waals surface area contributed by atoms with Crippen molar-refractivity contribution in [1.29, 1.82) is 0 Å². The predicted molar refractivity (Wildman–Crippen MR) is 81.1 cm³/mol. The average molecular weight is 332 g/mol. The van der Waals surface area contributed by atoms with Crippen molar-refractivity contribution in [2.45, 2.75) is 25.8 Å². The maximum Gasteiger partial charge on any atom is 0.0462 e. The third-order valence-electron chi connectivity index (χ3n) is 3.38. The van der Waals surface area contributed by atoms with E-state index in [1.54, 1.807) is 0 Å². The van der Waals surface area contributed by atoms with Gasteiger partial charge in [-0.15, -0.1) is 0 Å². The Balaban J connectivity index is 1.68. The third-order valence-corrected chi connectivity index (χ3v) is 4.23. The van der Waals surface area contributed by atoms with Crippen molar-refractivity contribution in [2.75, 3.05) is 26.2 Å². The summed E-state index contributed by atoms with van der Waals surface area (Å²) in [7, 11) is 0. The van der Waals surface area contributed by atoms with Gasteiger partial charge in [-0.3, -0.25) is 0 Å². The second kappa shape index (κ2) is 7.49. The van der Waals surface area contributed by atoms with E-state index in [0.717, 1.165) is 29.1 Å². The summed E-state index contributed by atoms with van der Waals surface area (Å²) in [6.07, 6.45) is 4.12. The molecule has 0 aromatic heterocycles. The van der Waals surface area contributed by atoms with Crippen LogP contribution in [0.3, 0.4) is 0 Å². The summed E-state index contributed by atoms with van der Waals surface area (Å²) >= 11 is 9.60. The smallest absolute Gasteiger partial charge is 0.0462 e. The zero-order valence-electron chi connectivity index (χ0n) is 10.6. The minimum absolute atomic E-state index is 0.829. The lowest BCUT2D eigenvalue weighted by Crippen LogP contribution is -2.35. The molecule has 1 fully saturated rings. The molecule has 100 valence electrons. The van der Waals surface area contributed by atoms with E-state index in [4.69, 9.17) is 11.6 Å². The lowest BCUT2D eigenvalue weighted by molar-refractivity contribution is 0.229. The van der Waals surface area contributed by atoms with Crippen LogP contribution < -0.4 is 5.32 Å². The zero-order chi connectivity index (χ0) is 12.8. The number of rotatable bonds is 5. The summed E-state index contributed by atoms with van der Waals surface area (Å²) in [4.78, 5) is 2.54. The van der Waals surface area contributed by atoms with E-state index in [0.29, 0.717) is 0 Å². The number of benzene rings is 1. The van der Waals surface area contributed by atoms with Crippen LogP contribution in [0.1, 0.15) is 24.8 Å². The van der Waals surface area contributed by atoms with E-state index in [9.17, 15) is 0 Å². The largest absolute Gasteiger partial charge is 0.311 e. The van der Waals surface area contributed by atoms with Gasteiger partial charge in [-0.1, -0.05) is 40.0 Å². The molecule has 0 saturated carbocycles. The summed E-state index contributed by atoms with van der Waals surface area (Å²) in [6.45, 7) is 5.56. The number of hydrogen-bond donors (Lipinski definition) is 1. The average Bonchev–Trinajstić information content (AvgIpc) is 2.38. The summed E-state index contributed by atoms with van der Waals surface area (Å²) in [5.74, 6) is 0. The van der Waals surface area contributed by atoms with Gasteiger partial charge < -0.3 is 10.2 Å². The molecule has 0 spiro atoms. The molecule has 1 N–H and O–H groups in total. The number of hydrogen-bond acceptors (Lipinski definition) is 2. The molecule has 2 nitrogen and oxygen atoms in total. The van der Waals surface area contributed by atoms with Gasteiger partial charge in [0.05, 0.1) is 0 Å². The van der Waals surface area contributed by atoms with Crippen LogP contribution in [0, 0.1) is 0 Å². The Morgan fingerprint density at radius 1 is 1.22 bits per heavy atom. The molecule has 1 aromatic carbocycles. The lowest BCUT2D eigenvalue weighted by Gasteiger charge is -2.26. The van der Waals surface area contributed by atoms with E-state index in [-0.39, 0.29) is 0 Å². The van der Waals surface area contributed by atoms with Crippen LogP contribution in [-0.2, 0) is 6.54 Å². The Morgan fingerprint density at radius 2 is 2.00 bits per heavy atom. The maximum atomic E-state index is 6.18. The zero-order valence-corrected chi connectivity index (χ0v) is 12.9. The fourth-order valence-electron chi connectivity index (χ4n) is 2.31. The molecular weight excluding hydrogens is 312 g/mol. The minimum atomic E-state index is 0.829. The van der Waals surface area contributed by atoms with Crippen LogP contribution in [0.15, 0.2) is 22.7 Å². The van der Waals surface area contributed by atoms with E-state index >= 15 is 0 Å². The monoisotopic (exact) mass is 330 g/mol. The molecular formula is C14H20BrClN2. The molecule has 1 heterocycles. The fraction of sp³-hybridized carbons (Fsp3) is 0.571. The van der Waals surface area contributed by atoms with Gasteiger partial charge in [0.25, 0.3) is 0 Å². The molecule has 1 saturated heterocycles. The summed E-state index contributed by atoms with van der Waals surface area (Å²) in [6, 6.07) is 6.05. The Kier molecular flexibility index (Phi) is 5.96. The van der Waals surface area contributed by atoms with Crippen molar-refractivity contribution in [3.8, 4) is 0 Å².